The summed E-state index contributed by atoms with van der Waals surface area (Å²) in [6, 6.07) is 2.84. The van der Waals surface area contributed by atoms with Crippen molar-refractivity contribution in [1.82, 2.24) is 10.3 Å². The third-order valence-electron chi connectivity index (χ3n) is 3.86. The maximum Gasteiger partial charge on any atom is 0.203 e. The Labute approximate surface area is 116 Å². The number of aromatic nitrogens is 1. The first kappa shape index (κ1) is 12.9. The van der Waals surface area contributed by atoms with E-state index in [0.717, 1.165) is 32.4 Å². The van der Waals surface area contributed by atoms with Gasteiger partial charge in [-0.05, 0) is 25.5 Å². The highest BCUT2D eigenvalue weighted by atomic mass is 35.5. The third kappa shape index (κ3) is 2.13. The molecule has 0 aliphatic carbocycles. The first-order chi connectivity index (χ1) is 9.14. The number of halogens is 2. The Morgan fingerprint density at radius 3 is 3.05 bits per heavy atom. The van der Waals surface area contributed by atoms with Gasteiger partial charge in [-0.3, -0.25) is 0 Å². The van der Waals surface area contributed by atoms with Crippen molar-refractivity contribution in [2.24, 2.45) is 0 Å². The Balaban J connectivity index is 2.09. The highest BCUT2D eigenvalue weighted by Crippen LogP contribution is 2.37. The lowest BCUT2D eigenvalue weighted by molar-refractivity contribution is 0.330. The summed E-state index contributed by atoms with van der Waals surface area (Å²) in [6.45, 7) is 3.98. The normalized spacial score (nSPS) is 23.3. The second-order valence-electron chi connectivity index (χ2n) is 5.21. The van der Waals surface area contributed by atoms with Crippen molar-refractivity contribution in [2.45, 2.75) is 31.6 Å². The summed E-state index contributed by atoms with van der Waals surface area (Å²) in [7, 11) is 0. The Morgan fingerprint density at radius 2 is 2.37 bits per heavy atom. The molecule has 3 rings (SSSR count). The van der Waals surface area contributed by atoms with Gasteiger partial charge in [0.05, 0.1) is 10.4 Å². The van der Waals surface area contributed by atoms with Gasteiger partial charge in [0, 0.05) is 12.6 Å². The van der Waals surface area contributed by atoms with Gasteiger partial charge in [-0.15, -0.1) is 0 Å². The maximum absolute atomic E-state index is 13.4. The van der Waals surface area contributed by atoms with Crippen LogP contribution in [0.4, 0.5) is 4.39 Å². The molecule has 1 N–H and O–H groups in total. The molecule has 0 saturated carbocycles. The van der Waals surface area contributed by atoms with Crippen LogP contribution < -0.4 is 5.32 Å². The predicted molar refractivity (Wildman–Crippen MR) is 73.0 cm³/mol. The molecule has 3 nitrogen and oxygen atoms in total. The summed E-state index contributed by atoms with van der Waals surface area (Å²) in [5, 5.41) is 3.45. The minimum Gasteiger partial charge on any atom is -0.440 e. The Kier molecular flexibility index (Phi) is 3.23. The van der Waals surface area contributed by atoms with Gasteiger partial charge in [-0.25, -0.2) is 9.37 Å². The number of oxazole rings is 1. The van der Waals surface area contributed by atoms with E-state index in [0.29, 0.717) is 17.0 Å². The van der Waals surface area contributed by atoms with Gasteiger partial charge in [-0.1, -0.05) is 24.9 Å². The second-order valence-corrected chi connectivity index (χ2v) is 5.62. The van der Waals surface area contributed by atoms with E-state index in [1.165, 1.54) is 12.1 Å². The van der Waals surface area contributed by atoms with E-state index in [1.807, 2.05) is 0 Å². The standard InChI is InChI=1S/C14H16ClFN2O/c1-2-3-14(4-5-17-8-14)13-18-11-6-9(15)10(16)7-12(11)19-13/h6-7,17H,2-5,8H2,1H3. The van der Waals surface area contributed by atoms with Crippen LogP contribution in [0.15, 0.2) is 16.5 Å². The molecule has 2 aromatic rings. The first-order valence-corrected chi connectivity index (χ1v) is 6.99. The topological polar surface area (TPSA) is 38.1 Å². The van der Waals surface area contributed by atoms with Gasteiger partial charge in [0.15, 0.2) is 5.58 Å². The smallest absolute Gasteiger partial charge is 0.203 e. The Hall–Kier alpha value is -1.13. The van der Waals surface area contributed by atoms with E-state index < -0.39 is 5.82 Å². The molecule has 2 heterocycles. The Morgan fingerprint density at radius 1 is 1.53 bits per heavy atom. The van der Waals surface area contributed by atoms with Crippen LogP contribution in [0.1, 0.15) is 32.1 Å². The highest BCUT2D eigenvalue weighted by molar-refractivity contribution is 6.31. The fraction of sp³-hybridized carbons (Fsp3) is 0.500. The summed E-state index contributed by atoms with van der Waals surface area (Å²) in [5.74, 6) is 0.238. The summed E-state index contributed by atoms with van der Waals surface area (Å²) in [4.78, 5) is 4.53. The average Bonchev–Trinajstić information content (AvgIpc) is 2.98. The molecular weight excluding hydrogens is 267 g/mol. The molecule has 1 aliphatic heterocycles. The molecule has 1 fully saturated rings. The molecule has 5 heteroatoms. The zero-order valence-corrected chi connectivity index (χ0v) is 11.6. The molecule has 1 aliphatic rings. The molecule has 0 amide bonds. The number of nitrogens with one attached hydrogen (secondary N) is 1. The molecule has 1 aromatic carbocycles. The van der Waals surface area contributed by atoms with Crippen molar-refractivity contribution >= 4 is 22.7 Å². The number of benzene rings is 1. The zero-order valence-electron chi connectivity index (χ0n) is 10.8. The van der Waals surface area contributed by atoms with Crippen LogP contribution in [0.5, 0.6) is 0 Å². The van der Waals surface area contributed by atoms with Crippen molar-refractivity contribution in [3.05, 3.63) is 28.9 Å². The van der Waals surface area contributed by atoms with E-state index in [9.17, 15) is 4.39 Å². The number of hydrogen-bond donors (Lipinski definition) is 1. The molecule has 1 unspecified atom stereocenters. The third-order valence-corrected chi connectivity index (χ3v) is 4.15. The second kappa shape index (κ2) is 4.76. The predicted octanol–water partition coefficient (Wildman–Crippen LogP) is 3.65. The van der Waals surface area contributed by atoms with Crippen molar-refractivity contribution in [2.75, 3.05) is 13.1 Å². The van der Waals surface area contributed by atoms with Gasteiger partial charge >= 0.3 is 0 Å². The van der Waals surface area contributed by atoms with Crippen LogP contribution in [-0.4, -0.2) is 18.1 Å². The van der Waals surface area contributed by atoms with E-state index in [-0.39, 0.29) is 10.4 Å². The zero-order chi connectivity index (χ0) is 13.5. The van der Waals surface area contributed by atoms with Gasteiger partial charge in [0.25, 0.3) is 0 Å². The van der Waals surface area contributed by atoms with E-state index in [2.05, 4.69) is 17.2 Å². The van der Waals surface area contributed by atoms with Gasteiger partial charge in [-0.2, -0.15) is 0 Å². The van der Waals surface area contributed by atoms with Crippen LogP contribution in [0.3, 0.4) is 0 Å². The van der Waals surface area contributed by atoms with Crippen LogP contribution >= 0.6 is 11.6 Å². The SMILES string of the molecule is CCCC1(c2nc3cc(Cl)c(F)cc3o2)CCNC1. The van der Waals surface area contributed by atoms with E-state index in [4.69, 9.17) is 16.0 Å². The Bertz CT molecular complexity index is 566. The molecule has 0 bridgehead atoms. The van der Waals surface area contributed by atoms with Crippen LogP contribution in [0.25, 0.3) is 11.1 Å². The minimum atomic E-state index is -0.467. The summed E-state index contributed by atoms with van der Waals surface area (Å²) >= 11 is 5.78. The summed E-state index contributed by atoms with van der Waals surface area (Å²) in [6.07, 6.45) is 3.09. The summed E-state index contributed by atoms with van der Waals surface area (Å²) in [5.41, 5.74) is 1.04. The minimum absolute atomic E-state index is 0.0588. The number of rotatable bonds is 3. The summed E-state index contributed by atoms with van der Waals surface area (Å²) < 4.78 is 19.2. The molecule has 102 valence electrons. The van der Waals surface area contributed by atoms with Gasteiger partial charge in [0.1, 0.15) is 11.3 Å². The van der Waals surface area contributed by atoms with E-state index in [1.54, 1.807) is 0 Å². The fourth-order valence-corrected chi connectivity index (χ4v) is 3.03. The van der Waals surface area contributed by atoms with Gasteiger partial charge in [0.2, 0.25) is 5.89 Å². The van der Waals surface area contributed by atoms with Gasteiger partial charge < -0.3 is 9.73 Å². The van der Waals surface area contributed by atoms with E-state index >= 15 is 0 Å². The van der Waals surface area contributed by atoms with Crippen LogP contribution in [-0.2, 0) is 5.41 Å². The molecule has 19 heavy (non-hydrogen) atoms. The monoisotopic (exact) mass is 282 g/mol. The van der Waals surface area contributed by atoms with Crippen LogP contribution in [0.2, 0.25) is 5.02 Å². The number of fused-ring (bicyclic) bond motifs is 1. The van der Waals surface area contributed by atoms with Crippen LogP contribution in [0, 0.1) is 5.82 Å². The first-order valence-electron chi connectivity index (χ1n) is 6.61. The average molecular weight is 283 g/mol. The molecule has 0 radical (unpaired) electrons. The number of hydrogen-bond acceptors (Lipinski definition) is 3. The maximum atomic E-state index is 13.4. The molecule has 1 saturated heterocycles. The van der Waals surface area contributed by atoms with Crippen molar-refractivity contribution in [3.63, 3.8) is 0 Å². The quantitative estimate of drug-likeness (QED) is 0.934. The van der Waals surface area contributed by atoms with Crippen molar-refractivity contribution in [1.29, 1.82) is 0 Å². The molecule has 1 atom stereocenters. The highest BCUT2D eigenvalue weighted by Gasteiger charge is 2.39. The lowest BCUT2D eigenvalue weighted by atomic mass is 9.82. The van der Waals surface area contributed by atoms with Crippen molar-refractivity contribution < 1.29 is 8.81 Å². The van der Waals surface area contributed by atoms with Crippen molar-refractivity contribution in [3.8, 4) is 0 Å². The molecular formula is C14H16ClFN2O. The lowest BCUT2D eigenvalue weighted by Gasteiger charge is -2.23. The number of nitrogens with zero attached hydrogens (tertiary/aromatic N) is 1. The lowest BCUT2D eigenvalue weighted by Crippen LogP contribution is -2.29. The largest absolute Gasteiger partial charge is 0.440 e. The molecule has 1 aromatic heterocycles. The fourth-order valence-electron chi connectivity index (χ4n) is 2.88. The molecule has 0 spiro atoms.